The monoisotopic (exact) mass is 653 g/mol. The number of carbonyl (C=O) groups is 2. The quantitative estimate of drug-likeness (QED) is 0.249. The van der Waals surface area contributed by atoms with Crippen LogP contribution in [0.5, 0.6) is 0 Å². The lowest BCUT2D eigenvalue weighted by Crippen LogP contribution is -2.52. The summed E-state index contributed by atoms with van der Waals surface area (Å²) in [6.45, 7) is 3.64. The van der Waals surface area contributed by atoms with Crippen LogP contribution in [0.4, 0.5) is 5.69 Å². The minimum Gasteiger partial charge on any atom is -0.354 e. The minimum absolute atomic E-state index is 0.00933. The summed E-state index contributed by atoms with van der Waals surface area (Å²) in [5.41, 5.74) is 0.880. The first-order valence-corrected chi connectivity index (χ1v) is 15.4. The summed E-state index contributed by atoms with van der Waals surface area (Å²) >= 11 is 15.9. The van der Waals surface area contributed by atoms with Gasteiger partial charge in [-0.2, -0.15) is 0 Å². The van der Waals surface area contributed by atoms with E-state index in [9.17, 15) is 18.0 Å². The molecule has 3 aromatic carbocycles. The van der Waals surface area contributed by atoms with E-state index in [4.69, 9.17) is 23.2 Å². The van der Waals surface area contributed by atoms with Gasteiger partial charge >= 0.3 is 0 Å². The first-order chi connectivity index (χ1) is 18.6. The van der Waals surface area contributed by atoms with E-state index in [2.05, 4.69) is 21.2 Å². The largest absolute Gasteiger partial charge is 0.354 e. The molecule has 0 aliphatic rings. The van der Waals surface area contributed by atoms with E-state index in [1.807, 2.05) is 6.92 Å². The molecule has 208 valence electrons. The number of nitrogens with zero attached hydrogens (tertiary/aromatic N) is 2. The van der Waals surface area contributed by atoms with Gasteiger partial charge in [0, 0.05) is 27.6 Å². The molecule has 11 heteroatoms. The second-order valence-electron chi connectivity index (χ2n) is 8.78. The first kappa shape index (κ1) is 30.9. The number of hydrogen-bond acceptors (Lipinski definition) is 4. The molecule has 1 N–H and O–H groups in total. The second kappa shape index (κ2) is 14.2. The number of rotatable bonds is 12. The molecular formula is C28H30BrCl2N3O4S. The molecule has 0 unspecified atom stereocenters. The van der Waals surface area contributed by atoms with Gasteiger partial charge in [0.2, 0.25) is 11.8 Å². The van der Waals surface area contributed by atoms with Crippen LogP contribution < -0.4 is 9.62 Å². The van der Waals surface area contributed by atoms with Crippen LogP contribution in [0.2, 0.25) is 10.0 Å². The fourth-order valence-corrected chi connectivity index (χ4v) is 6.28. The lowest BCUT2D eigenvalue weighted by molar-refractivity contribution is -0.140. The Morgan fingerprint density at radius 1 is 0.974 bits per heavy atom. The molecule has 0 bridgehead atoms. The molecule has 3 rings (SSSR count). The lowest BCUT2D eigenvalue weighted by atomic mass is 10.1. The van der Waals surface area contributed by atoms with Gasteiger partial charge in [-0.25, -0.2) is 8.42 Å². The van der Waals surface area contributed by atoms with Crippen molar-refractivity contribution >= 4 is 66.7 Å². The van der Waals surface area contributed by atoms with Gasteiger partial charge < -0.3 is 10.2 Å². The zero-order valence-corrected chi connectivity index (χ0v) is 25.5. The fourth-order valence-electron chi connectivity index (χ4n) is 4.00. The van der Waals surface area contributed by atoms with Crippen LogP contribution in [0, 0.1) is 0 Å². The van der Waals surface area contributed by atoms with Gasteiger partial charge in [0.25, 0.3) is 10.0 Å². The summed E-state index contributed by atoms with van der Waals surface area (Å²) in [6.07, 6.45) is 1.04. The molecule has 0 heterocycles. The number of anilines is 1. The molecule has 0 saturated carbocycles. The van der Waals surface area contributed by atoms with Gasteiger partial charge in [-0.05, 0) is 60.9 Å². The van der Waals surface area contributed by atoms with E-state index in [1.54, 1.807) is 67.6 Å². The summed E-state index contributed by atoms with van der Waals surface area (Å²) in [4.78, 5) is 28.6. The van der Waals surface area contributed by atoms with E-state index >= 15 is 0 Å². The van der Waals surface area contributed by atoms with Crippen LogP contribution >= 0.6 is 39.1 Å². The molecule has 39 heavy (non-hydrogen) atoms. The van der Waals surface area contributed by atoms with Gasteiger partial charge in [0.15, 0.2) is 0 Å². The third-order valence-electron chi connectivity index (χ3n) is 6.00. The van der Waals surface area contributed by atoms with E-state index in [0.717, 1.165) is 10.7 Å². The van der Waals surface area contributed by atoms with Crippen molar-refractivity contribution in [3.05, 3.63) is 92.9 Å². The van der Waals surface area contributed by atoms with Crippen molar-refractivity contribution < 1.29 is 18.0 Å². The first-order valence-electron chi connectivity index (χ1n) is 12.4. The zero-order valence-electron chi connectivity index (χ0n) is 21.6. The van der Waals surface area contributed by atoms with Crippen molar-refractivity contribution in [2.24, 2.45) is 0 Å². The minimum atomic E-state index is -4.13. The highest BCUT2D eigenvalue weighted by molar-refractivity contribution is 9.10. The second-order valence-corrected chi connectivity index (χ2v) is 12.4. The Morgan fingerprint density at radius 3 is 2.31 bits per heavy atom. The Balaban J connectivity index is 2.06. The Kier molecular flexibility index (Phi) is 11.2. The van der Waals surface area contributed by atoms with Crippen LogP contribution in [0.3, 0.4) is 0 Å². The average Bonchev–Trinajstić information content (AvgIpc) is 2.91. The summed E-state index contributed by atoms with van der Waals surface area (Å²) in [6, 6.07) is 18.6. The molecule has 0 radical (unpaired) electrons. The van der Waals surface area contributed by atoms with E-state index in [0.29, 0.717) is 38.7 Å². The summed E-state index contributed by atoms with van der Waals surface area (Å²) in [5, 5.41) is 3.62. The van der Waals surface area contributed by atoms with Crippen molar-refractivity contribution in [2.45, 2.75) is 44.2 Å². The number of hydrogen-bond donors (Lipinski definition) is 1. The summed E-state index contributed by atoms with van der Waals surface area (Å²) in [7, 11) is -4.13. The molecule has 0 spiro atoms. The number of nitrogens with one attached hydrogen (secondary N) is 1. The van der Waals surface area contributed by atoms with Gasteiger partial charge in [-0.15, -0.1) is 0 Å². The normalized spacial score (nSPS) is 12.0. The Bertz CT molecular complexity index is 1410. The molecule has 1 atom stereocenters. The SMILES string of the molecule is CCCNC(=O)[C@H](CC)N(Cc1ccc(Cl)cc1Cl)C(=O)CN(c1cccc(Br)c1)S(=O)(=O)c1ccccc1. The van der Waals surface area contributed by atoms with Crippen molar-refractivity contribution in [2.75, 3.05) is 17.4 Å². The Hall–Kier alpha value is -2.59. The van der Waals surface area contributed by atoms with Crippen molar-refractivity contribution in [3.8, 4) is 0 Å². The zero-order chi connectivity index (χ0) is 28.6. The maximum absolute atomic E-state index is 14.0. The molecule has 7 nitrogen and oxygen atoms in total. The van der Waals surface area contributed by atoms with E-state index in [1.165, 1.54) is 17.0 Å². The molecule has 0 aromatic heterocycles. The topological polar surface area (TPSA) is 86.8 Å². The van der Waals surface area contributed by atoms with Gasteiger partial charge in [0.1, 0.15) is 12.6 Å². The molecular weight excluding hydrogens is 625 g/mol. The standard InChI is InChI=1S/C28H30BrCl2N3O4S/c1-3-15-32-28(36)26(4-2)33(18-20-13-14-22(30)17-25(20)31)27(35)19-34(23-10-8-9-21(29)16-23)39(37,38)24-11-6-5-7-12-24/h5-14,16-17,26H,3-4,15,18-19H2,1-2H3,(H,32,36)/t26-/m0/s1. The number of halogens is 3. The highest BCUT2D eigenvalue weighted by Gasteiger charge is 2.34. The number of amides is 2. The van der Waals surface area contributed by atoms with Crippen LogP contribution in [-0.4, -0.2) is 44.3 Å². The molecule has 0 saturated heterocycles. The Labute approximate surface area is 248 Å². The molecule has 3 aromatic rings. The molecule has 0 aliphatic heterocycles. The highest BCUT2D eigenvalue weighted by atomic mass is 79.9. The predicted molar refractivity (Wildman–Crippen MR) is 160 cm³/mol. The van der Waals surface area contributed by atoms with E-state index in [-0.39, 0.29) is 17.3 Å². The van der Waals surface area contributed by atoms with Crippen molar-refractivity contribution in [3.63, 3.8) is 0 Å². The van der Waals surface area contributed by atoms with Crippen molar-refractivity contribution in [1.82, 2.24) is 10.2 Å². The third kappa shape index (κ3) is 7.97. The maximum atomic E-state index is 14.0. The summed E-state index contributed by atoms with van der Waals surface area (Å²) < 4.78 is 29.3. The number of benzene rings is 3. The number of carbonyl (C=O) groups excluding carboxylic acids is 2. The average molecular weight is 655 g/mol. The molecule has 2 amide bonds. The fraction of sp³-hybridized carbons (Fsp3) is 0.286. The number of sulfonamides is 1. The molecule has 0 aliphatic carbocycles. The molecule has 0 fully saturated rings. The lowest BCUT2D eigenvalue weighted by Gasteiger charge is -2.33. The van der Waals surface area contributed by atoms with Crippen LogP contribution in [-0.2, 0) is 26.2 Å². The van der Waals surface area contributed by atoms with E-state index < -0.39 is 28.5 Å². The Morgan fingerprint density at radius 2 is 1.69 bits per heavy atom. The van der Waals surface area contributed by atoms with Gasteiger partial charge in [-0.3, -0.25) is 13.9 Å². The van der Waals surface area contributed by atoms with Crippen molar-refractivity contribution in [1.29, 1.82) is 0 Å². The predicted octanol–water partition coefficient (Wildman–Crippen LogP) is 6.28. The highest BCUT2D eigenvalue weighted by Crippen LogP contribution is 2.28. The van der Waals surface area contributed by atoms with Crippen LogP contribution in [0.15, 0.2) is 82.2 Å². The van der Waals surface area contributed by atoms with Gasteiger partial charge in [-0.1, -0.05) is 83.3 Å². The smallest absolute Gasteiger partial charge is 0.264 e. The maximum Gasteiger partial charge on any atom is 0.264 e. The van der Waals surface area contributed by atoms with Crippen LogP contribution in [0.1, 0.15) is 32.3 Å². The van der Waals surface area contributed by atoms with Gasteiger partial charge in [0.05, 0.1) is 10.6 Å². The third-order valence-corrected chi connectivity index (χ3v) is 8.87. The summed E-state index contributed by atoms with van der Waals surface area (Å²) in [5.74, 6) is -0.878. The van der Waals surface area contributed by atoms with Crippen LogP contribution in [0.25, 0.3) is 0 Å².